The number of anilines is 2. The SMILES string of the molecule is CNC(=O)c1ccc(N)c(NC(C)(C)C)c1. The first-order chi connectivity index (χ1) is 7.33. The highest BCUT2D eigenvalue weighted by atomic mass is 16.1. The molecule has 0 spiro atoms. The van der Waals surface area contributed by atoms with Crippen LogP contribution in [0.5, 0.6) is 0 Å². The summed E-state index contributed by atoms with van der Waals surface area (Å²) in [6.07, 6.45) is 0. The number of nitrogens with two attached hydrogens (primary N) is 1. The van der Waals surface area contributed by atoms with E-state index in [4.69, 9.17) is 5.73 Å². The molecule has 0 heterocycles. The Bertz CT molecular complexity index is 394. The van der Waals surface area contributed by atoms with Crippen molar-refractivity contribution < 1.29 is 4.79 Å². The lowest BCUT2D eigenvalue weighted by atomic mass is 10.1. The summed E-state index contributed by atoms with van der Waals surface area (Å²) in [4.78, 5) is 11.5. The van der Waals surface area contributed by atoms with E-state index in [1.165, 1.54) is 0 Å². The normalized spacial score (nSPS) is 11.0. The van der Waals surface area contributed by atoms with Gasteiger partial charge < -0.3 is 16.4 Å². The molecule has 1 aromatic carbocycles. The van der Waals surface area contributed by atoms with Crippen LogP contribution in [0.25, 0.3) is 0 Å². The minimum atomic E-state index is -0.114. The van der Waals surface area contributed by atoms with E-state index in [9.17, 15) is 4.79 Å². The summed E-state index contributed by atoms with van der Waals surface area (Å²) in [5.41, 5.74) is 7.78. The lowest BCUT2D eigenvalue weighted by molar-refractivity contribution is 0.0963. The maximum Gasteiger partial charge on any atom is 0.251 e. The van der Waals surface area contributed by atoms with E-state index in [1.54, 1.807) is 25.2 Å². The van der Waals surface area contributed by atoms with Gasteiger partial charge in [-0.2, -0.15) is 0 Å². The molecular formula is C12H19N3O. The van der Waals surface area contributed by atoms with E-state index in [1.807, 2.05) is 20.8 Å². The molecule has 88 valence electrons. The Balaban J connectivity index is 3.04. The van der Waals surface area contributed by atoms with Crippen molar-refractivity contribution in [3.05, 3.63) is 23.8 Å². The van der Waals surface area contributed by atoms with Gasteiger partial charge in [0.05, 0.1) is 11.4 Å². The zero-order valence-corrected chi connectivity index (χ0v) is 10.2. The molecule has 16 heavy (non-hydrogen) atoms. The number of amides is 1. The number of benzene rings is 1. The van der Waals surface area contributed by atoms with E-state index < -0.39 is 0 Å². The fourth-order valence-corrected chi connectivity index (χ4v) is 1.35. The zero-order chi connectivity index (χ0) is 12.3. The standard InChI is InChI=1S/C12H19N3O/c1-12(2,3)15-10-7-8(11(16)14-4)5-6-9(10)13/h5-7,15H,13H2,1-4H3,(H,14,16). The molecule has 0 atom stereocenters. The van der Waals surface area contributed by atoms with Gasteiger partial charge in [-0.25, -0.2) is 0 Å². The molecule has 4 N–H and O–H groups in total. The number of hydrogen-bond acceptors (Lipinski definition) is 3. The quantitative estimate of drug-likeness (QED) is 0.667. The third kappa shape index (κ3) is 3.15. The van der Waals surface area contributed by atoms with Crippen LogP contribution in [-0.4, -0.2) is 18.5 Å². The molecule has 4 nitrogen and oxygen atoms in total. The van der Waals surface area contributed by atoms with Crippen molar-refractivity contribution in [2.24, 2.45) is 0 Å². The monoisotopic (exact) mass is 221 g/mol. The van der Waals surface area contributed by atoms with Gasteiger partial charge in [-0.05, 0) is 39.0 Å². The van der Waals surface area contributed by atoms with Crippen LogP contribution in [0.3, 0.4) is 0 Å². The maximum absolute atomic E-state index is 11.5. The van der Waals surface area contributed by atoms with Crippen molar-refractivity contribution in [1.82, 2.24) is 5.32 Å². The molecule has 1 rings (SSSR count). The van der Waals surface area contributed by atoms with Gasteiger partial charge >= 0.3 is 0 Å². The van der Waals surface area contributed by atoms with Gasteiger partial charge in [0.1, 0.15) is 0 Å². The van der Waals surface area contributed by atoms with Crippen LogP contribution >= 0.6 is 0 Å². The number of carbonyl (C=O) groups is 1. The van der Waals surface area contributed by atoms with Gasteiger partial charge in [0, 0.05) is 18.2 Å². The second-order valence-electron chi connectivity index (χ2n) is 4.76. The van der Waals surface area contributed by atoms with E-state index in [0.717, 1.165) is 5.69 Å². The number of nitrogens with one attached hydrogen (secondary N) is 2. The van der Waals surface area contributed by atoms with Crippen molar-refractivity contribution in [1.29, 1.82) is 0 Å². The number of carbonyl (C=O) groups excluding carboxylic acids is 1. The van der Waals surface area contributed by atoms with Crippen LogP contribution < -0.4 is 16.4 Å². The Hall–Kier alpha value is -1.71. The van der Waals surface area contributed by atoms with Crippen LogP contribution in [0, 0.1) is 0 Å². The van der Waals surface area contributed by atoms with Gasteiger partial charge in [-0.1, -0.05) is 0 Å². The molecule has 1 amide bonds. The van der Waals surface area contributed by atoms with Crippen molar-refractivity contribution >= 4 is 17.3 Å². The molecule has 0 saturated heterocycles. The van der Waals surface area contributed by atoms with Gasteiger partial charge in [-0.15, -0.1) is 0 Å². The fraction of sp³-hybridized carbons (Fsp3) is 0.417. The molecule has 4 heteroatoms. The van der Waals surface area contributed by atoms with Crippen molar-refractivity contribution in [2.45, 2.75) is 26.3 Å². The zero-order valence-electron chi connectivity index (χ0n) is 10.2. The summed E-state index contributed by atoms with van der Waals surface area (Å²) in [6.45, 7) is 6.12. The number of rotatable bonds is 2. The van der Waals surface area contributed by atoms with Crippen LogP contribution in [0.2, 0.25) is 0 Å². The lowest BCUT2D eigenvalue weighted by Gasteiger charge is -2.23. The Morgan fingerprint density at radius 3 is 2.44 bits per heavy atom. The van der Waals surface area contributed by atoms with E-state index in [0.29, 0.717) is 11.3 Å². The Labute approximate surface area is 96.2 Å². The minimum absolute atomic E-state index is 0.0879. The third-order valence-corrected chi connectivity index (χ3v) is 2.05. The van der Waals surface area contributed by atoms with Crippen LogP contribution in [0.4, 0.5) is 11.4 Å². The van der Waals surface area contributed by atoms with Gasteiger partial charge in [0.15, 0.2) is 0 Å². The Morgan fingerprint density at radius 1 is 1.31 bits per heavy atom. The third-order valence-electron chi connectivity index (χ3n) is 2.05. The highest BCUT2D eigenvalue weighted by Gasteiger charge is 2.13. The largest absolute Gasteiger partial charge is 0.397 e. The summed E-state index contributed by atoms with van der Waals surface area (Å²) < 4.78 is 0. The summed E-state index contributed by atoms with van der Waals surface area (Å²) in [6, 6.07) is 5.21. The molecule has 0 bridgehead atoms. The molecule has 0 saturated carbocycles. The molecule has 0 aliphatic rings. The molecule has 1 aromatic rings. The molecule has 0 radical (unpaired) electrons. The second-order valence-corrected chi connectivity index (χ2v) is 4.76. The maximum atomic E-state index is 11.5. The summed E-state index contributed by atoms with van der Waals surface area (Å²) in [5, 5.41) is 5.85. The summed E-state index contributed by atoms with van der Waals surface area (Å²) in [5.74, 6) is -0.114. The number of nitrogen functional groups attached to an aromatic ring is 1. The predicted octanol–water partition coefficient (Wildman–Crippen LogP) is 1.84. The minimum Gasteiger partial charge on any atom is -0.397 e. The molecule has 0 aromatic heterocycles. The molecular weight excluding hydrogens is 202 g/mol. The molecule has 0 aliphatic heterocycles. The highest BCUT2D eigenvalue weighted by Crippen LogP contribution is 2.23. The van der Waals surface area contributed by atoms with Crippen molar-refractivity contribution in [2.75, 3.05) is 18.1 Å². The highest BCUT2D eigenvalue weighted by molar-refractivity contribution is 5.96. The lowest BCUT2D eigenvalue weighted by Crippen LogP contribution is -2.27. The smallest absolute Gasteiger partial charge is 0.251 e. The second kappa shape index (κ2) is 4.43. The van der Waals surface area contributed by atoms with Crippen molar-refractivity contribution in [3.8, 4) is 0 Å². The number of hydrogen-bond donors (Lipinski definition) is 3. The Morgan fingerprint density at radius 2 is 1.94 bits per heavy atom. The molecule has 0 aliphatic carbocycles. The first kappa shape index (κ1) is 12.4. The van der Waals surface area contributed by atoms with Gasteiger partial charge in [0.2, 0.25) is 0 Å². The van der Waals surface area contributed by atoms with E-state index in [2.05, 4.69) is 10.6 Å². The van der Waals surface area contributed by atoms with E-state index in [-0.39, 0.29) is 11.4 Å². The fourth-order valence-electron chi connectivity index (χ4n) is 1.35. The van der Waals surface area contributed by atoms with Crippen LogP contribution in [-0.2, 0) is 0 Å². The van der Waals surface area contributed by atoms with Crippen LogP contribution in [0.15, 0.2) is 18.2 Å². The molecule has 0 fully saturated rings. The summed E-state index contributed by atoms with van der Waals surface area (Å²) in [7, 11) is 1.61. The average Bonchev–Trinajstić information content (AvgIpc) is 2.18. The van der Waals surface area contributed by atoms with Gasteiger partial charge in [0.25, 0.3) is 5.91 Å². The first-order valence-corrected chi connectivity index (χ1v) is 5.23. The molecule has 0 unspecified atom stereocenters. The van der Waals surface area contributed by atoms with E-state index >= 15 is 0 Å². The average molecular weight is 221 g/mol. The predicted molar refractivity (Wildman–Crippen MR) is 67.6 cm³/mol. The van der Waals surface area contributed by atoms with Crippen LogP contribution in [0.1, 0.15) is 31.1 Å². The van der Waals surface area contributed by atoms with Crippen molar-refractivity contribution in [3.63, 3.8) is 0 Å². The summed E-state index contributed by atoms with van der Waals surface area (Å²) >= 11 is 0. The first-order valence-electron chi connectivity index (χ1n) is 5.23. The van der Waals surface area contributed by atoms with Gasteiger partial charge in [-0.3, -0.25) is 4.79 Å². The Kier molecular flexibility index (Phi) is 3.42. The topological polar surface area (TPSA) is 67.2 Å².